The standard InChI is InChI=1S/C17H27NO2/c1-3-14(4-2)16(15-8-6-5-7-9-15)18-10-17(11-19)12-20-13-17/h5-9,14,16,18-19H,3-4,10-13H2,1-2H3. The predicted octanol–water partition coefficient (Wildman–Crippen LogP) is 2.76. The zero-order valence-corrected chi connectivity index (χ0v) is 12.6. The molecule has 0 amide bonds. The summed E-state index contributed by atoms with van der Waals surface area (Å²) in [5.74, 6) is 0.620. The highest BCUT2D eigenvalue weighted by Crippen LogP contribution is 2.31. The third-order valence-electron chi connectivity index (χ3n) is 4.53. The first kappa shape index (κ1) is 15.5. The molecule has 0 radical (unpaired) electrons. The molecule has 1 aromatic carbocycles. The van der Waals surface area contributed by atoms with Crippen molar-refractivity contribution in [3.05, 3.63) is 35.9 Å². The molecule has 1 unspecified atom stereocenters. The van der Waals surface area contributed by atoms with Gasteiger partial charge in [0, 0.05) is 12.6 Å². The third-order valence-corrected chi connectivity index (χ3v) is 4.53. The fourth-order valence-electron chi connectivity index (χ4n) is 2.94. The number of rotatable bonds is 8. The van der Waals surface area contributed by atoms with Crippen LogP contribution < -0.4 is 5.32 Å². The first-order valence-corrected chi connectivity index (χ1v) is 7.71. The Labute approximate surface area is 122 Å². The molecule has 2 rings (SSSR count). The monoisotopic (exact) mass is 277 g/mol. The first-order valence-electron chi connectivity index (χ1n) is 7.71. The van der Waals surface area contributed by atoms with Crippen molar-refractivity contribution < 1.29 is 9.84 Å². The van der Waals surface area contributed by atoms with E-state index in [4.69, 9.17) is 4.74 Å². The van der Waals surface area contributed by atoms with Crippen LogP contribution in [0, 0.1) is 11.3 Å². The van der Waals surface area contributed by atoms with E-state index in [1.165, 1.54) is 5.56 Å². The molecule has 3 heteroatoms. The van der Waals surface area contributed by atoms with E-state index in [-0.39, 0.29) is 12.0 Å². The Balaban J connectivity index is 2.07. The lowest BCUT2D eigenvalue weighted by atomic mass is 9.84. The Morgan fingerprint density at radius 2 is 1.85 bits per heavy atom. The van der Waals surface area contributed by atoms with Crippen molar-refractivity contribution in [1.82, 2.24) is 5.32 Å². The van der Waals surface area contributed by atoms with Crippen LogP contribution in [0.5, 0.6) is 0 Å². The Kier molecular flexibility index (Phi) is 5.58. The zero-order valence-electron chi connectivity index (χ0n) is 12.6. The average molecular weight is 277 g/mol. The van der Waals surface area contributed by atoms with Gasteiger partial charge in [-0.1, -0.05) is 57.0 Å². The lowest BCUT2D eigenvalue weighted by molar-refractivity contribution is -0.135. The summed E-state index contributed by atoms with van der Waals surface area (Å²) in [6.07, 6.45) is 2.32. The smallest absolute Gasteiger partial charge is 0.0579 e. The van der Waals surface area contributed by atoms with Gasteiger partial charge in [-0.3, -0.25) is 0 Å². The second-order valence-electron chi connectivity index (χ2n) is 6.00. The third kappa shape index (κ3) is 3.40. The molecule has 1 atom stereocenters. The summed E-state index contributed by atoms with van der Waals surface area (Å²) in [5, 5.41) is 13.2. The van der Waals surface area contributed by atoms with Crippen LogP contribution in [-0.4, -0.2) is 31.5 Å². The summed E-state index contributed by atoms with van der Waals surface area (Å²) >= 11 is 0. The van der Waals surface area contributed by atoms with E-state index >= 15 is 0 Å². The molecule has 112 valence electrons. The summed E-state index contributed by atoms with van der Waals surface area (Å²) in [5.41, 5.74) is 1.27. The average Bonchev–Trinajstić information content (AvgIpc) is 2.46. The molecule has 3 nitrogen and oxygen atoms in total. The summed E-state index contributed by atoms with van der Waals surface area (Å²) in [7, 11) is 0. The maximum Gasteiger partial charge on any atom is 0.0579 e. The molecule has 1 aliphatic rings. The van der Waals surface area contributed by atoms with E-state index < -0.39 is 0 Å². The summed E-state index contributed by atoms with van der Waals surface area (Å²) in [6.45, 7) is 6.85. The second kappa shape index (κ2) is 7.21. The fourth-order valence-corrected chi connectivity index (χ4v) is 2.94. The van der Waals surface area contributed by atoms with Crippen LogP contribution in [0.3, 0.4) is 0 Å². The van der Waals surface area contributed by atoms with Crippen LogP contribution >= 0.6 is 0 Å². The Morgan fingerprint density at radius 1 is 1.20 bits per heavy atom. The number of hydrogen-bond donors (Lipinski definition) is 2. The van der Waals surface area contributed by atoms with Gasteiger partial charge in [0.2, 0.25) is 0 Å². The molecule has 0 saturated carbocycles. The van der Waals surface area contributed by atoms with E-state index in [1.807, 2.05) is 0 Å². The van der Waals surface area contributed by atoms with Crippen LogP contribution in [-0.2, 0) is 4.74 Å². The van der Waals surface area contributed by atoms with E-state index in [0.717, 1.165) is 19.4 Å². The number of aliphatic hydroxyl groups excluding tert-OH is 1. The number of ether oxygens (including phenoxy) is 1. The second-order valence-corrected chi connectivity index (χ2v) is 6.00. The molecule has 0 aromatic heterocycles. The van der Waals surface area contributed by atoms with Gasteiger partial charge >= 0.3 is 0 Å². The van der Waals surface area contributed by atoms with Gasteiger partial charge < -0.3 is 15.2 Å². The first-order chi connectivity index (χ1) is 9.74. The van der Waals surface area contributed by atoms with E-state index in [1.54, 1.807) is 0 Å². The van der Waals surface area contributed by atoms with Gasteiger partial charge in [-0.15, -0.1) is 0 Å². The van der Waals surface area contributed by atoms with Crippen LogP contribution in [0.1, 0.15) is 38.3 Å². The summed E-state index contributed by atoms with van der Waals surface area (Å²) < 4.78 is 5.28. The SMILES string of the molecule is CCC(CC)C(NCC1(CO)COC1)c1ccccc1. The fraction of sp³-hybridized carbons (Fsp3) is 0.647. The Morgan fingerprint density at radius 3 is 2.30 bits per heavy atom. The van der Waals surface area contributed by atoms with Crippen molar-refractivity contribution in [3.63, 3.8) is 0 Å². The number of aliphatic hydroxyl groups is 1. The highest BCUT2D eigenvalue weighted by Gasteiger charge is 2.38. The van der Waals surface area contributed by atoms with Gasteiger partial charge in [0.05, 0.1) is 25.2 Å². The lowest BCUT2D eigenvalue weighted by Crippen LogP contribution is -2.53. The highest BCUT2D eigenvalue weighted by atomic mass is 16.5. The van der Waals surface area contributed by atoms with E-state index in [2.05, 4.69) is 49.5 Å². The highest BCUT2D eigenvalue weighted by molar-refractivity contribution is 5.20. The van der Waals surface area contributed by atoms with Crippen molar-refractivity contribution in [2.75, 3.05) is 26.4 Å². The van der Waals surface area contributed by atoms with E-state index in [9.17, 15) is 5.11 Å². The van der Waals surface area contributed by atoms with Crippen molar-refractivity contribution in [2.24, 2.45) is 11.3 Å². The molecule has 0 aliphatic carbocycles. The minimum absolute atomic E-state index is 0.0704. The van der Waals surface area contributed by atoms with Gasteiger partial charge in [-0.2, -0.15) is 0 Å². The van der Waals surface area contributed by atoms with Gasteiger partial charge in [-0.05, 0) is 11.5 Å². The molecule has 1 aromatic rings. The van der Waals surface area contributed by atoms with E-state index in [0.29, 0.717) is 25.2 Å². The molecule has 1 saturated heterocycles. The van der Waals surface area contributed by atoms with Gasteiger partial charge in [-0.25, -0.2) is 0 Å². The van der Waals surface area contributed by atoms with Crippen LogP contribution in [0.4, 0.5) is 0 Å². The summed E-state index contributed by atoms with van der Waals surface area (Å²) in [6, 6.07) is 11.0. The summed E-state index contributed by atoms with van der Waals surface area (Å²) in [4.78, 5) is 0. The number of benzene rings is 1. The molecule has 1 fully saturated rings. The maximum absolute atomic E-state index is 9.55. The maximum atomic E-state index is 9.55. The van der Waals surface area contributed by atoms with Crippen molar-refractivity contribution in [3.8, 4) is 0 Å². The number of nitrogens with one attached hydrogen (secondary N) is 1. The normalized spacial score (nSPS) is 18.8. The number of hydrogen-bond acceptors (Lipinski definition) is 3. The predicted molar refractivity (Wildman–Crippen MR) is 81.6 cm³/mol. The van der Waals surface area contributed by atoms with Crippen molar-refractivity contribution in [2.45, 2.75) is 32.7 Å². The van der Waals surface area contributed by atoms with Crippen LogP contribution in [0.25, 0.3) is 0 Å². The lowest BCUT2D eigenvalue weighted by Gasteiger charge is -2.41. The van der Waals surface area contributed by atoms with Gasteiger partial charge in [0.15, 0.2) is 0 Å². The Hall–Kier alpha value is -0.900. The minimum atomic E-state index is -0.0704. The molecule has 20 heavy (non-hydrogen) atoms. The van der Waals surface area contributed by atoms with Crippen LogP contribution in [0.15, 0.2) is 30.3 Å². The minimum Gasteiger partial charge on any atom is -0.396 e. The molecular weight excluding hydrogens is 250 g/mol. The molecule has 0 spiro atoms. The zero-order chi connectivity index (χ0) is 14.4. The molecule has 2 N–H and O–H groups in total. The molecule has 1 heterocycles. The van der Waals surface area contributed by atoms with Crippen molar-refractivity contribution >= 4 is 0 Å². The quantitative estimate of drug-likeness (QED) is 0.768. The molecular formula is C17H27NO2. The Bertz CT molecular complexity index is 380. The largest absolute Gasteiger partial charge is 0.396 e. The van der Waals surface area contributed by atoms with Crippen LogP contribution in [0.2, 0.25) is 0 Å². The van der Waals surface area contributed by atoms with Gasteiger partial charge in [0.1, 0.15) is 0 Å². The topological polar surface area (TPSA) is 41.5 Å². The molecule has 0 bridgehead atoms. The van der Waals surface area contributed by atoms with Gasteiger partial charge in [0.25, 0.3) is 0 Å². The molecule has 1 aliphatic heterocycles. The van der Waals surface area contributed by atoms with Crippen molar-refractivity contribution in [1.29, 1.82) is 0 Å².